The molecule has 25 heavy (non-hydrogen) atoms. The predicted octanol–water partition coefficient (Wildman–Crippen LogP) is 3.75. The van der Waals surface area contributed by atoms with E-state index in [1.54, 1.807) is 0 Å². The van der Waals surface area contributed by atoms with E-state index in [2.05, 4.69) is 22.0 Å². The average molecular weight is 356 g/mol. The molecule has 0 N–H and O–H groups in total. The van der Waals surface area contributed by atoms with Gasteiger partial charge in [0.2, 0.25) is 5.91 Å². The minimum Gasteiger partial charge on any atom is -0.371 e. The highest BCUT2D eigenvalue weighted by Crippen LogP contribution is 2.42. The van der Waals surface area contributed by atoms with E-state index in [9.17, 15) is 4.79 Å². The number of amides is 1. The van der Waals surface area contributed by atoms with Gasteiger partial charge in [0.05, 0.1) is 0 Å². The van der Waals surface area contributed by atoms with E-state index >= 15 is 0 Å². The summed E-state index contributed by atoms with van der Waals surface area (Å²) in [5.74, 6) is 0.285. The van der Waals surface area contributed by atoms with E-state index < -0.39 is 0 Å². The van der Waals surface area contributed by atoms with Crippen molar-refractivity contribution in [2.24, 2.45) is 5.41 Å². The first-order valence-corrected chi connectivity index (χ1v) is 9.19. The monoisotopic (exact) mass is 355 g/mol. The maximum absolute atomic E-state index is 12.5. The van der Waals surface area contributed by atoms with Crippen LogP contribution < -0.4 is 4.90 Å². The first kappa shape index (κ1) is 16.4. The Morgan fingerprint density at radius 1 is 1.04 bits per heavy atom. The largest absolute Gasteiger partial charge is 0.371 e. The van der Waals surface area contributed by atoms with Crippen molar-refractivity contribution in [3.8, 4) is 0 Å². The summed E-state index contributed by atoms with van der Waals surface area (Å²) in [6.07, 6.45) is 6.50. The molecule has 0 radical (unpaired) electrons. The zero-order valence-electron chi connectivity index (χ0n) is 14.2. The number of carbonyl (C=O) groups excluding carboxylic acids is 1. The van der Waals surface area contributed by atoms with Crippen LogP contribution in [-0.2, 0) is 11.3 Å². The molecule has 4 rings (SSSR count). The van der Waals surface area contributed by atoms with Gasteiger partial charge in [-0.3, -0.25) is 9.78 Å². The molecule has 1 aromatic carbocycles. The number of pyridine rings is 1. The van der Waals surface area contributed by atoms with Crippen LogP contribution in [0.5, 0.6) is 0 Å². The zero-order chi connectivity index (χ0) is 17.3. The summed E-state index contributed by atoms with van der Waals surface area (Å²) in [5.41, 5.74) is 2.52. The van der Waals surface area contributed by atoms with Gasteiger partial charge < -0.3 is 9.80 Å². The lowest BCUT2D eigenvalue weighted by Crippen LogP contribution is -2.41. The standard InChI is InChI=1S/C20H22ClN3O/c21-17-3-1-16(2-4-17)14-24-15-20(13-19(24)25)7-11-23(12-8-20)18-5-9-22-10-6-18/h1-6,9-10H,7-8,11-15H2. The fourth-order valence-corrected chi connectivity index (χ4v) is 4.19. The second kappa shape index (κ2) is 6.68. The number of piperidine rings is 1. The molecule has 2 aromatic rings. The summed E-state index contributed by atoms with van der Waals surface area (Å²) in [7, 11) is 0. The summed E-state index contributed by atoms with van der Waals surface area (Å²) >= 11 is 5.95. The van der Waals surface area contributed by atoms with Crippen LogP contribution in [-0.4, -0.2) is 35.4 Å². The van der Waals surface area contributed by atoms with Crippen LogP contribution in [0, 0.1) is 5.41 Å². The van der Waals surface area contributed by atoms with Gasteiger partial charge in [-0.2, -0.15) is 0 Å². The quantitative estimate of drug-likeness (QED) is 0.841. The number of aromatic nitrogens is 1. The van der Waals surface area contributed by atoms with Crippen molar-refractivity contribution in [3.63, 3.8) is 0 Å². The van der Waals surface area contributed by atoms with Gasteiger partial charge in [-0.1, -0.05) is 23.7 Å². The smallest absolute Gasteiger partial charge is 0.223 e. The van der Waals surface area contributed by atoms with Crippen LogP contribution in [0.15, 0.2) is 48.8 Å². The number of carbonyl (C=O) groups is 1. The van der Waals surface area contributed by atoms with E-state index in [0.717, 1.165) is 43.1 Å². The van der Waals surface area contributed by atoms with Gasteiger partial charge in [0, 0.05) is 61.1 Å². The highest BCUT2D eigenvalue weighted by atomic mass is 35.5. The third kappa shape index (κ3) is 3.49. The van der Waals surface area contributed by atoms with Crippen molar-refractivity contribution in [2.45, 2.75) is 25.8 Å². The Labute approximate surface area is 153 Å². The lowest BCUT2D eigenvalue weighted by atomic mass is 9.77. The zero-order valence-corrected chi connectivity index (χ0v) is 15.0. The van der Waals surface area contributed by atoms with Crippen molar-refractivity contribution in [2.75, 3.05) is 24.5 Å². The Balaban J connectivity index is 1.39. The number of hydrogen-bond acceptors (Lipinski definition) is 3. The van der Waals surface area contributed by atoms with Crippen LogP contribution >= 0.6 is 11.6 Å². The van der Waals surface area contributed by atoms with Crippen molar-refractivity contribution in [1.29, 1.82) is 0 Å². The van der Waals surface area contributed by atoms with E-state index in [1.165, 1.54) is 5.69 Å². The number of rotatable bonds is 3. The molecule has 2 saturated heterocycles. The molecule has 0 saturated carbocycles. The average Bonchev–Trinajstić information content (AvgIpc) is 2.93. The first-order valence-electron chi connectivity index (χ1n) is 8.81. The van der Waals surface area contributed by atoms with Gasteiger partial charge in [-0.15, -0.1) is 0 Å². The molecule has 2 aliphatic rings. The predicted molar refractivity (Wildman–Crippen MR) is 99.6 cm³/mol. The molecular formula is C20H22ClN3O. The SMILES string of the molecule is O=C1CC2(CCN(c3ccncc3)CC2)CN1Cc1ccc(Cl)cc1. The second-order valence-corrected chi connectivity index (χ2v) is 7.68. The lowest BCUT2D eigenvalue weighted by molar-refractivity contribution is -0.128. The van der Waals surface area contributed by atoms with Crippen LogP contribution in [0.1, 0.15) is 24.8 Å². The fraction of sp³-hybridized carbons (Fsp3) is 0.400. The fourth-order valence-electron chi connectivity index (χ4n) is 4.06. The molecule has 1 aromatic heterocycles. The molecule has 4 nitrogen and oxygen atoms in total. The molecule has 130 valence electrons. The second-order valence-electron chi connectivity index (χ2n) is 7.25. The number of nitrogens with zero attached hydrogens (tertiary/aromatic N) is 3. The van der Waals surface area contributed by atoms with Crippen molar-refractivity contribution in [1.82, 2.24) is 9.88 Å². The van der Waals surface area contributed by atoms with Crippen molar-refractivity contribution < 1.29 is 4.79 Å². The van der Waals surface area contributed by atoms with Crippen LogP contribution in [0.4, 0.5) is 5.69 Å². The minimum atomic E-state index is 0.146. The van der Waals surface area contributed by atoms with Gasteiger partial charge in [0.1, 0.15) is 0 Å². The van der Waals surface area contributed by atoms with E-state index in [1.807, 2.05) is 41.6 Å². The Kier molecular flexibility index (Phi) is 4.38. The Morgan fingerprint density at radius 2 is 1.72 bits per heavy atom. The normalized spacial score (nSPS) is 19.6. The van der Waals surface area contributed by atoms with Crippen LogP contribution in [0.2, 0.25) is 5.02 Å². The number of hydrogen-bond donors (Lipinski definition) is 0. The third-order valence-electron chi connectivity index (χ3n) is 5.54. The number of halogens is 1. The third-order valence-corrected chi connectivity index (χ3v) is 5.80. The Morgan fingerprint density at radius 3 is 2.40 bits per heavy atom. The molecule has 3 heterocycles. The Bertz CT molecular complexity index is 739. The van der Waals surface area contributed by atoms with E-state index in [0.29, 0.717) is 13.0 Å². The molecule has 1 spiro atoms. The molecule has 5 heteroatoms. The highest BCUT2D eigenvalue weighted by molar-refractivity contribution is 6.30. The summed E-state index contributed by atoms with van der Waals surface area (Å²) < 4.78 is 0. The molecule has 0 unspecified atom stereocenters. The summed E-state index contributed by atoms with van der Waals surface area (Å²) in [5, 5.41) is 0.733. The summed E-state index contributed by atoms with van der Waals surface area (Å²) in [6, 6.07) is 11.9. The van der Waals surface area contributed by atoms with Crippen molar-refractivity contribution in [3.05, 3.63) is 59.4 Å². The molecular weight excluding hydrogens is 334 g/mol. The van der Waals surface area contributed by atoms with Gasteiger partial charge >= 0.3 is 0 Å². The van der Waals surface area contributed by atoms with Gasteiger partial charge in [0.15, 0.2) is 0 Å². The van der Waals surface area contributed by atoms with Crippen molar-refractivity contribution >= 4 is 23.2 Å². The minimum absolute atomic E-state index is 0.146. The maximum Gasteiger partial charge on any atom is 0.223 e. The van der Waals surface area contributed by atoms with Gasteiger partial charge in [-0.05, 0) is 42.7 Å². The molecule has 0 aliphatic carbocycles. The molecule has 0 atom stereocenters. The van der Waals surface area contributed by atoms with E-state index in [-0.39, 0.29) is 11.3 Å². The first-order chi connectivity index (χ1) is 12.1. The van der Waals surface area contributed by atoms with Gasteiger partial charge in [-0.25, -0.2) is 0 Å². The molecule has 2 fully saturated rings. The highest BCUT2D eigenvalue weighted by Gasteiger charge is 2.44. The van der Waals surface area contributed by atoms with Crippen LogP contribution in [0.3, 0.4) is 0 Å². The number of anilines is 1. The lowest BCUT2D eigenvalue weighted by Gasteiger charge is -2.39. The molecule has 0 bridgehead atoms. The van der Waals surface area contributed by atoms with Gasteiger partial charge in [0.25, 0.3) is 0 Å². The Hall–Kier alpha value is -2.07. The topological polar surface area (TPSA) is 36.4 Å². The number of benzene rings is 1. The maximum atomic E-state index is 12.5. The van der Waals surface area contributed by atoms with E-state index in [4.69, 9.17) is 11.6 Å². The molecule has 2 aliphatic heterocycles. The number of likely N-dealkylation sites (tertiary alicyclic amines) is 1. The van der Waals surface area contributed by atoms with Crippen LogP contribution in [0.25, 0.3) is 0 Å². The summed E-state index contributed by atoms with van der Waals surface area (Å²) in [4.78, 5) is 21.1. The molecule has 1 amide bonds. The summed E-state index contributed by atoms with van der Waals surface area (Å²) in [6.45, 7) is 3.57.